The van der Waals surface area contributed by atoms with E-state index in [2.05, 4.69) is 349 Å². The Morgan fingerprint density at radius 2 is 0.615 bits per heavy atom. The van der Waals surface area contributed by atoms with Gasteiger partial charge in [-0.1, -0.05) is 237 Å². The topological polar surface area (TPSA) is 61.4 Å². The molecule has 0 saturated carbocycles. The van der Waals surface area contributed by atoms with E-state index < -0.39 is 0 Å². The summed E-state index contributed by atoms with van der Waals surface area (Å²) in [6.07, 6.45) is 0. The Labute approximate surface area is 604 Å². The first-order chi connectivity index (χ1) is 51.6. The average molecular weight is 1360 g/mol. The highest BCUT2D eigenvalue weighted by Crippen LogP contribution is 2.51. The summed E-state index contributed by atoms with van der Waals surface area (Å²) in [5.74, 6) is 1.36. The van der Waals surface area contributed by atoms with Crippen LogP contribution in [0.15, 0.2) is 340 Å². The van der Waals surface area contributed by atoms with Gasteiger partial charge in [0, 0.05) is 96.9 Å². The maximum Gasteiger partial charge on any atom is 0.160 e. The maximum atomic E-state index is 5.62. The first-order valence-corrected chi connectivity index (χ1v) is 36.9. The standard InChI is InChI=1S/C96H56N6S2/c1-3-23-57(24-4-1)64-52-65(54-66(53-64)90-73-34-10-16-40-80(73)97-95(100-90)59-45-48-67(49-46-59)101-81-41-17-11-35-74(81)85-69-31-7-8-32-70(69)87-76-37-13-19-43-83(76)103-93(87)91(85)101)61-28-21-27-60(51-61)62-47-50-71-78(56-62)86-75-36-12-18-42-82(75)102(92(86)94-88(71)77-38-14-20-44-84(77)104-94)68-30-22-29-63(55-68)96-98-79-39-15-9-33-72(79)89(99-96)58-25-5-2-6-26-58/h1-56H. The Morgan fingerprint density at radius 3 is 1.24 bits per heavy atom. The Bertz CT molecular complexity index is 7350. The van der Waals surface area contributed by atoms with Crippen LogP contribution in [0, 0.1) is 0 Å². The maximum absolute atomic E-state index is 5.62. The van der Waals surface area contributed by atoms with Crippen LogP contribution in [-0.4, -0.2) is 29.1 Å². The molecule has 0 N–H and O–H groups in total. The minimum atomic E-state index is 0.669. The van der Waals surface area contributed by atoms with Gasteiger partial charge in [-0.05, 0) is 158 Å². The molecule has 22 rings (SSSR count). The summed E-state index contributed by atoms with van der Waals surface area (Å²) < 4.78 is 10.1. The molecule has 16 aromatic carbocycles. The quantitative estimate of drug-likeness (QED) is 0.144. The Morgan fingerprint density at radius 1 is 0.212 bits per heavy atom. The molecule has 6 aromatic heterocycles. The summed E-state index contributed by atoms with van der Waals surface area (Å²) in [6, 6.07) is 123. The predicted octanol–water partition coefficient (Wildman–Crippen LogP) is 26.5. The molecule has 22 aromatic rings. The van der Waals surface area contributed by atoms with E-state index in [1.807, 2.05) is 22.7 Å². The summed E-state index contributed by atoms with van der Waals surface area (Å²) in [7, 11) is 0. The second-order valence-electron chi connectivity index (χ2n) is 27.1. The molecule has 6 nitrogen and oxygen atoms in total. The van der Waals surface area contributed by atoms with E-state index in [0.717, 1.165) is 106 Å². The van der Waals surface area contributed by atoms with Crippen molar-refractivity contribution in [2.24, 2.45) is 0 Å². The molecule has 0 saturated heterocycles. The highest BCUT2D eigenvalue weighted by atomic mass is 32.1. The molecule has 0 radical (unpaired) electrons. The minimum Gasteiger partial charge on any atom is -0.308 e. The average Bonchev–Trinajstić information content (AvgIpc) is 1.54. The summed E-state index contributed by atoms with van der Waals surface area (Å²) in [4.78, 5) is 21.5. The van der Waals surface area contributed by atoms with Crippen molar-refractivity contribution < 1.29 is 0 Å². The van der Waals surface area contributed by atoms with E-state index in [1.54, 1.807) is 0 Å². The Hall–Kier alpha value is -13.2. The van der Waals surface area contributed by atoms with E-state index in [1.165, 1.54) is 100.0 Å². The van der Waals surface area contributed by atoms with Gasteiger partial charge in [0.2, 0.25) is 0 Å². The lowest BCUT2D eigenvalue weighted by atomic mass is 9.91. The van der Waals surface area contributed by atoms with Gasteiger partial charge in [-0.15, -0.1) is 22.7 Å². The number of fused-ring (bicyclic) bond motifs is 22. The lowest BCUT2D eigenvalue weighted by Crippen LogP contribution is -1.98. The number of nitrogens with zero attached hydrogens (tertiary/aromatic N) is 6. The van der Waals surface area contributed by atoms with Gasteiger partial charge in [0.1, 0.15) is 0 Å². The molecule has 0 aliphatic carbocycles. The fourth-order valence-corrected chi connectivity index (χ4v) is 19.1. The fourth-order valence-electron chi connectivity index (χ4n) is 16.6. The molecule has 0 bridgehead atoms. The van der Waals surface area contributed by atoms with Gasteiger partial charge in [0.05, 0.1) is 53.9 Å². The van der Waals surface area contributed by atoms with Crippen LogP contribution in [0.25, 0.3) is 217 Å². The van der Waals surface area contributed by atoms with Crippen LogP contribution in [0.2, 0.25) is 0 Å². The van der Waals surface area contributed by atoms with Crippen LogP contribution < -0.4 is 0 Å². The first-order valence-electron chi connectivity index (χ1n) is 35.2. The molecule has 0 fully saturated rings. The monoisotopic (exact) mass is 1360 g/mol. The largest absolute Gasteiger partial charge is 0.308 e. The van der Waals surface area contributed by atoms with E-state index in [4.69, 9.17) is 19.9 Å². The van der Waals surface area contributed by atoms with E-state index in [0.29, 0.717) is 11.6 Å². The normalized spacial score (nSPS) is 12.0. The van der Waals surface area contributed by atoms with E-state index in [9.17, 15) is 0 Å². The van der Waals surface area contributed by atoms with Gasteiger partial charge in [-0.2, -0.15) is 0 Å². The van der Waals surface area contributed by atoms with Crippen molar-refractivity contribution in [1.82, 2.24) is 29.1 Å². The fraction of sp³-hybridized carbons (Fsp3) is 0. The van der Waals surface area contributed by atoms with Crippen LogP contribution in [0.3, 0.4) is 0 Å². The van der Waals surface area contributed by atoms with Crippen molar-refractivity contribution in [3.8, 4) is 90.0 Å². The molecule has 0 atom stereocenters. The number of hydrogen-bond acceptors (Lipinski definition) is 6. The third-order valence-electron chi connectivity index (χ3n) is 21.2. The highest BCUT2D eigenvalue weighted by Gasteiger charge is 2.26. The number of thiophene rings is 2. The van der Waals surface area contributed by atoms with Crippen molar-refractivity contribution in [2.75, 3.05) is 0 Å². The molecule has 6 heterocycles. The third kappa shape index (κ3) is 9.06. The molecule has 0 amide bonds. The van der Waals surface area contributed by atoms with Crippen molar-refractivity contribution in [3.05, 3.63) is 340 Å². The van der Waals surface area contributed by atoms with Crippen LogP contribution in [0.5, 0.6) is 0 Å². The lowest BCUT2D eigenvalue weighted by Gasteiger charge is -2.15. The third-order valence-corrected chi connectivity index (χ3v) is 23.6. The van der Waals surface area contributed by atoms with Crippen molar-refractivity contribution in [3.63, 3.8) is 0 Å². The number of benzene rings is 16. The molecule has 104 heavy (non-hydrogen) atoms. The second-order valence-corrected chi connectivity index (χ2v) is 29.2. The molecule has 0 spiro atoms. The number of rotatable bonds is 9. The van der Waals surface area contributed by atoms with Gasteiger partial charge in [0.15, 0.2) is 11.6 Å². The number of aromatic nitrogens is 6. The van der Waals surface area contributed by atoms with Gasteiger partial charge in [0.25, 0.3) is 0 Å². The van der Waals surface area contributed by atoms with E-state index in [-0.39, 0.29) is 0 Å². The second kappa shape index (κ2) is 23.2. The first kappa shape index (κ1) is 58.5. The summed E-state index contributed by atoms with van der Waals surface area (Å²) in [5.41, 5.74) is 21.1. The van der Waals surface area contributed by atoms with E-state index >= 15 is 0 Å². The van der Waals surface area contributed by atoms with Gasteiger partial charge in [-0.3, -0.25) is 0 Å². The highest BCUT2D eigenvalue weighted by molar-refractivity contribution is 7.27. The zero-order valence-electron chi connectivity index (χ0n) is 55.8. The van der Waals surface area contributed by atoms with Gasteiger partial charge in [-0.25, -0.2) is 19.9 Å². The molecule has 482 valence electrons. The Kier molecular flexibility index (Phi) is 13.0. The number of hydrogen-bond donors (Lipinski definition) is 0. The smallest absolute Gasteiger partial charge is 0.160 e. The van der Waals surface area contributed by atoms with Crippen molar-refractivity contribution in [1.29, 1.82) is 0 Å². The Balaban J connectivity index is 0.684. The van der Waals surface area contributed by atoms with Crippen LogP contribution >= 0.6 is 22.7 Å². The summed E-state index contributed by atoms with van der Waals surface area (Å²) in [5, 5.41) is 17.1. The minimum absolute atomic E-state index is 0.669. The molecule has 0 unspecified atom stereocenters. The summed E-state index contributed by atoms with van der Waals surface area (Å²) >= 11 is 3.76. The van der Waals surface area contributed by atoms with Gasteiger partial charge < -0.3 is 9.13 Å². The van der Waals surface area contributed by atoms with Gasteiger partial charge >= 0.3 is 0 Å². The van der Waals surface area contributed by atoms with Crippen LogP contribution in [-0.2, 0) is 0 Å². The molecule has 0 aliphatic heterocycles. The van der Waals surface area contributed by atoms with Crippen LogP contribution in [0.1, 0.15) is 0 Å². The SMILES string of the molecule is c1ccc(-c2cc(-c3cccc(-c4ccc5c(c4)c4c6ccccc6n(-c6cccc(-c7nc(-c8ccccc8)c8ccccc8n7)c6)c4c4sc6ccccc6c54)c3)cc(-c3nc(-c4ccc(-n5c6ccccc6c6c7ccccc7c7c8ccccc8sc7c65)cc4)nc4ccccc34)c2)cc1. The van der Waals surface area contributed by atoms with Crippen molar-refractivity contribution >= 4 is 150 Å². The van der Waals surface area contributed by atoms with Crippen molar-refractivity contribution in [2.45, 2.75) is 0 Å². The summed E-state index contributed by atoms with van der Waals surface area (Å²) in [6.45, 7) is 0. The number of para-hydroxylation sites is 4. The zero-order chi connectivity index (χ0) is 68.1. The molecule has 0 aliphatic rings. The molecular weight excluding hydrogens is 1300 g/mol. The van der Waals surface area contributed by atoms with Crippen LogP contribution in [0.4, 0.5) is 0 Å². The lowest BCUT2D eigenvalue weighted by molar-refractivity contribution is 1.18. The predicted molar refractivity (Wildman–Crippen MR) is 440 cm³/mol. The zero-order valence-corrected chi connectivity index (χ0v) is 57.5. The molecular formula is C96H56N6S2. The molecule has 8 heteroatoms.